The van der Waals surface area contributed by atoms with Crippen molar-refractivity contribution < 1.29 is 24.4 Å². The fraction of sp³-hybridized carbons (Fsp3) is 0.125. The monoisotopic (exact) mass is 191 g/mol. The summed E-state index contributed by atoms with van der Waals surface area (Å²) in [5, 5.41) is 8.47. The Labute approximate surface area is 73.0 Å². The number of hydrogen-bond acceptors (Lipinski definition) is 1. The van der Waals surface area contributed by atoms with Crippen LogP contribution >= 0.6 is 0 Å². The number of carboxylic acids is 1. The molecule has 1 N–H and O–H groups in total. The molecule has 0 saturated carbocycles. The molecule has 0 unspecified atom stereocenters. The minimum Gasteiger partial charge on any atom is -0.478 e. The number of carbonyl (C=O) groups is 1. The molecule has 0 bridgehead atoms. The molecule has 0 aliphatic carbocycles. The molecule has 1 aromatic rings. The third kappa shape index (κ3) is 1.99. The van der Waals surface area contributed by atoms with Gasteiger partial charge in [-0.1, -0.05) is 12.1 Å². The van der Waals surface area contributed by atoms with Gasteiger partial charge in [-0.2, -0.15) is 13.2 Å². The summed E-state index contributed by atoms with van der Waals surface area (Å²) in [6, 6.07) is 1.98. The van der Waals surface area contributed by atoms with E-state index in [4.69, 9.17) is 6.48 Å². The Morgan fingerprint density at radius 3 is 2.46 bits per heavy atom. The van der Waals surface area contributed by atoms with E-state index in [1.807, 2.05) is 0 Å². The summed E-state index contributed by atoms with van der Waals surface area (Å²) < 4.78 is 43.8. The molecule has 0 heterocycles. The first kappa shape index (κ1) is 8.10. The van der Waals surface area contributed by atoms with E-state index >= 15 is 0 Å². The zero-order valence-electron chi connectivity index (χ0n) is 7.22. The molecule has 1 aromatic carbocycles. The largest absolute Gasteiger partial charge is 0.478 e. The predicted molar refractivity (Wildman–Crippen MR) is 38.4 cm³/mol. The van der Waals surface area contributed by atoms with Crippen molar-refractivity contribution >= 4 is 5.97 Å². The minimum atomic E-state index is -4.81. The normalized spacial score (nSPS) is 12.4. The molecular formula is C8H5F3O2. The summed E-state index contributed by atoms with van der Waals surface area (Å²) in [6.07, 6.45) is -4.81. The second-order valence-electron chi connectivity index (χ2n) is 2.26. The zero-order valence-corrected chi connectivity index (χ0v) is 6.22. The second-order valence-corrected chi connectivity index (χ2v) is 2.26. The Hall–Kier alpha value is -1.52. The number of hydrogen-bond donors (Lipinski definition) is 1. The van der Waals surface area contributed by atoms with E-state index in [9.17, 15) is 18.0 Å². The average Bonchev–Trinajstić information content (AvgIpc) is 2.01. The van der Waals surface area contributed by atoms with Crippen molar-refractivity contribution in [2.24, 2.45) is 0 Å². The summed E-state index contributed by atoms with van der Waals surface area (Å²) in [5.41, 5.74) is -2.31. The first-order chi connectivity index (χ1) is 6.34. The van der Waals surface area contributed by atoms with Gasteiger partial charge in [0, 0.05) is 0 Å². The van der Waals surface area contributed by atoms with E-state index in [1.54, 1.807) is 0 Å². The Morgan fingerprint density at radius 1 is 1.46 bits per heavy atom. The molecule has 13 heavy (non-hydrogen) atoms. The molecule has 70 valence electrons. The van der Waals surface area contributed by atoms with Gasteiger partial charge in [-0.05, 0) is 12.1 Å². The smallest absolute Gasteiger partial charge is 0.417 e. The van der Waals surface area contributed by atoms with Gasteiger partial charge in [-0.25, -0.2) is 4.79 Å². The lowest BCUT2D eigenvalue weighted by Gasteiger charge is -2.08. The number of carboxylic acid groups (broad SMARTS) is 1. The van der Waals surface area contributed by atoms with Crippen molar-refractivity contribution in [3.8, 4) is 0 Å². The van der Waals surface area contributed by atoms with Crippen LogP contribution in [0.15, 0.2) is 24.2 Å². The highest BCUT2D eigenvalue weighted by Crippen LogP contribution is 2.31. The van der Waals surface area contributed by atoms with Crippen LogP contribution in [0.3, 0.4) is 0 Å². The first-order valence-electron chi connectivity index (χ1n) is 3.74. The molecule has 0 aliphatic heterocycles. The maximum Gasteiger partial charge on any atom is 0.417 e. The maximum absolute atomic E-state index is 12.3. The van der Waals surface area contributed by atoms with Gasteiger partial charge in [0.25, 0.3) is 0 Å². The van der Waals surface area contributed by atoms with Gasteiger partial charge < -0.3 is 5.11 Å². The van der Waals surface area contributed by atoms with Crippen LogP contribution in [0.2, 0.25) is 0 Å². The van der Waals surface area contributed by atoms with Gasteiger partial charge in [-0.15, -0.1) is 0 Å². The highest BCUT2D eigenvalue weighted by Gasteiger charge is 2.34. The maximum atomic E-state index is 12.3. The van der Waals surface area contributed by atoms with Crippen LogP contribution in [0.5, 0.6) is 0 Å². The molecule has 1 rings (SSSR count). The summed E-state index contributed by atoms with van der Waals surface area (Å²) >= 11 is 0. The van der Waals surface area contributed by atoms with E-state index in [0.29, 0.717) is 0 Å². The lowest BCUT2D eigenvalue weighted by molar-refractivity contribution is -0.138. The first-order valence-corrected chi connectivity index (χ1v) is 3.24. The molecule has 0 amide bonds. The fourth-order valence-corrected chi connectivity index (χ4v) is 0.850. The van der Waals surface area contributed by atoms with Crippen LogP contribution in [0.25, 0.3) is 0 Å². The van der Waals surface area contributed by atoms with E-state index in [-0.39, 0.29) is 0 Å². The summed E-state index contributed by atoms with van der Waals surface area (Å²) in [4.78, 5) is 10.4. The van der Waals surface area contributed by atoms with Crippen LogP contribution in [0.1, 0.15) is 17.3 Å². The molecular weight excluding hydrogens is 185 g/mol. The van der Waals surface area contributed by atoms with E-state index < -0.39 is 29.3 Å². The highest BCUT2D eigenvalue weighted by molar-refractivity contribution is 5.89. The third-order valence-electron chi connectivity index (χ3n) is 1.37. The van der Waals surface area contributed by atoms with Crippen molar-refractivity contribution in [2.45, 2.75) is 6.18 Å². The quantitative estimate of drug-likeness (QED) is 0.739. The highest BCUT2D eigenvalue weighted by atomic mass is 19.4. The van der Waals surface area contributed by atoms with Gasteiger partial charge in [0.15, 0.2) is 0 Å². The lowest BCUT2D eigenvalue weighted by atomic mass is 10.1. The zero-order chi connectivity index (χ0) is 10.9. The van der Waals surface area contributed by atoms with Crippen molar-refractivity contribution in [1.29, 1.82) is 0 Å². The molecule has 2 nitrogen and oxygen atoms in total. The van der Waals surface area contributed by atoms with Gasteiger partial charge >= 0.3 is 12.1 Å². The Morgan fingerprint density at radius 2 is 2.08 bits per heavy atom. The SMILES string of the molecule is [2H]c1cccc(C(=O)O)c1C(F)(F)F. The van der Waals surface area contributed by atoms with Crippen LogP contribution in [-0.4, -0.2) is 11.1 Å². The standard InChI is InChI=1S/C8H5F3O2/c9-8(10,11)6-4-2-1-3-5(6)7(12)13/h1-4H,(H,12,13)/i4D. The van der Waals surface area contributed by atoms with Crippen LogP contribution in [-0.2, 0) is 6.18 Å². The Bertz CT molecular complexity index is 373. The molecule has 0 aromatic heterocycles. The van der Waals surface area contributed by atoms with Crippen molar-refractivity contribution in [3.05, 3.63) is 35.4 Å². The van der Waals surface area contributed by atoms with Crippen LogP contribution in [0.4, 0.5) is 13.2 Å². The summed E-state index contributed by atoms with van der Waals surface area (Å²) in [6.45, 7) is 0. The average molecular weight is 191 g/mol. The third-order valence-corrected chi connectivity index (χ3v) is 1.37. The van der Waals surface area contributed by atoms with E-state index in [1.165, 1.54) is 0 Å². The molecule has 0 saturated heterocycles. The van der Waals surface area contributed by atoms with Gasteiger partial charge in [0.05, 0.1) is 12.5 Å². The number of rotatable bonds is 1. The van der Waals surface area contributed by atoms with Crippen molar-refractivity contribution in [2.75, 3.05) is 0 Å². The molecule has 0 radical (unpaired) electrons. The number of halogens is 3. The summed E-state index contributed by atoms with van der Waals surface area (Å²) in [7, 11) is 0. The molecule has 0 spiro atoms. The molecule has 0 aliphatic rings. The molecule has 0 atom stereocenters. The van der Waals surface area contributed by atoms with Gasteiger partial charge in [0.1, 0.15) is 0 Å². The lowest BCUT2D eigenvalue weighted by Crippen LogP contribution is -2.12. The Balaban J connectivity index is 3.45. The molecule has 5 heteroatoms. The van der Waals surface area contributed by atoms with Gasteiger partial charge in [-0.3, -0.25) is 0 Å². The minimum absolute atomic E-state index is 0.823. The van der Waals surface area contributed by atoms with E-state index in [0.717, 1.165) is 18.2 Å². The predicted octanol–water partition coefficient (Wildman–Crippen LogP) is 2.40. The van der Waals surface area contributed by atoms with Crippen molar-refractivity contribution in [1.82, 2.24) is 0 Å². The topological polar surface area (TPSA) is 37.3 Å². The van der Waals surface area contributed by atoms with Crippen molar-refractivity contribution in [3.63, 3.8) is 0 Å². The van der Waals surface area contributed by atoms with Gasteiger partial charge in [0.2, 0.25) is 0 Å². The van der Waals surface area contributed by atoms with Crippen LogP contribution in [0, 0.1) is 0 Å². The van der Waals surface area contributed by atoms with E-state index in [2.05, 4.69) is 0 Å². The number of aromatic carboxylic acids is 1. The summed E-state index contributed by atoms with van der Waals surface area (Å²) in [5.74, 6) is -1.69. The fourth-order valence-electron chi connectivity index (χ4n) is 0.850. The number of benzene rings is 1. The Kier molecular flexibility index (Phi) is 1.92. The number of alkyl halides is 3. The molecule has 0 fully saturated rings. The second kappa shape index (κ2) is 3.08. The van der Waals surface area contributed by atoms with Crippen LogP contribution < -0.4 is 0 Å².